The molecule has 3 unspecified atom stereocenters. The molecule has 1 aliphatic heterocycles. The highest BCUT2D eigenvalue weighted by molar-refractivity contribution is 5.78. The summed E-state index contributed by atoms with van der Waals surface area (Å²) in [5, 5.41) is 3.17. The molecule has 3 nitrogen and oxygen atoms in total. The number of amides is 1. The van der Waals surface area contributed by atoms with Gasteiger partial charge in [0.2, 0.25) is 5.91 Å². The number of hydrogen-bond donors (Lipinski definition) is 1. The number of rotatable bonds is 2. The van der Waals surface area contributed by atoms with Crippen molar-refractivity contribution in [2.75, 3.05) is 13.6 Å². The number of piperidine rings is 1. The van der Waals surface area contributed by atoms with Gasteiger partial charge in [-0.15, -0.1) is 0 Å². The smallest absolute Gasteiger partial charge is 0.222 e. The molecule has 0 spiro atoms. The Morgan fingerprint density at radius 1 is 1.40 bits per heavy atom. The lowest BCUT2D eigenvalue weighted by Gasteiger charge is -2.41. The lowest BCUT2D eigenvalue weighted by atomic mass is 9.87. The van der Waals surface area contributed by atoms with Crippen molar-refractivity contribution in [1.29, 1.82) is 0 Å². The number of likely N-dealkylation sites (N-methyl/N-ethyl adjacent to an activating group) is 1. The van der Waals surface area contributed by atoms with Crippen LogP contribution in [0.25, 0.3) is 0 Å². The van der Waals surface area contributed by atoms with Crippen LogP contribution in [0.5, 0.6) is 0 Å². The van der Waals surface area contributed by atoms with E-state index in [0.29, 0.717) is 18.0 Å². The van der Waals surface area contributed by atoms with Crippen LogP contribution in [0.3, 0.4) is 0 Å². The first-order valence-electron chi connectivity index (χ1n) is 5.94. The van der Waals surface area contributed by atoms with E-state index < -0.39 is 0 Å². The second-order valence-electron chi connectivity index (χ2n) is 5.18. The van der Waals surface area contributed by atoms with E-state index in [-0.39, 0.29) is 11.8 Å². The molecule has 1 fully saturated rings. The van der Waals surface area contributed by atoms with E-state index in [2.05, 4.69) is 31.1 Å². The van der Waals surface area contributed by atoms with E-state index in [1.54, 1.807) is 0 Å². The molecule has 1 rings (SSSR count). The topological polar surface area (TPSA) is 32.3 Å². The SMILES string of the molecule is CC(C)C(=O)NC1C(C)CCN(C)C1C. The Bertz CT molecular complexity index is 228. The zero-order valence-electron chi connectivity index (χ0n) is 10.6. The molecule has 1 saturated heterocycles. The number of nitrogens with zero attached hydrogens (tertiary/aromatic N) is 1. The van der Waals surface area contributed by atoms with Crippen LogP contribution in [0.2, 0.25) is 0 Å². The van der Waals surface area contributed by atoms with Gasteiger partial charge in [0.05, 0.1) is 0 Å². The molecule has 0 radical (unpaired) electrons. The minimum Gasteiger partial charge on any atom is -0.351 e. The van der Waals surface area contributed by atoms with Crippen LogP contribution in [0.15, 0.2) is 0 Å². The lowest BCUT2D eigenvalue weighted by Crippen LogP contribution is -2.56. The van der Waals surface area contributed by atoms with Crippen LogP contribution in [0.4, 0.5) is 0 Å². The van der Waals surface area contributed by atoms with Crippen LogP contribution in [0.1, 0.15) is 34.1 Å². The van der Waals surface area contributed by atoms with E-state index in [1.165, 1.54) is 6.42 Å². The third-order valence-corrected chi connectivity index (χ3v) is 3.60. The maximum Gasteiger partial charge on any atom is 0.222 e. The molecule has 0 bridgehead atoms. The second-order valence-corrected chi connectivity index (χ2v) is 5.18. The summed E-state index contributed by atoms with van der Waals surface area (Å²) in [6.07, 6.45) is 1.17. The van der Waals surface area contributed by atoms with Crippen LogP contribution < -0.4 is 5.32 Å². The number of likely N-dealkylation sites (tertiary alicyclic amines) is 1. The molecule has 3 heteroatoms. The summed E-state index contributed by atoms with van der Waals surface area (Å²) in [5.74, 6) is 0.838. The van der Waals surface area contributed by atoms with Crippen molar-refractivity contribution in [2.45, 2.75) is 46.2 Å². The molecule has 0 aromatic carbocycles. The van der Waals surface area contributed by atoms with Gasteiger partial charge in [-0.3, -0.25) is 4.79 Å². The molecular weight excluding hydrogens is 188 g/mol. The van der Waals surface area contributed by atoms with E-state index in [4.69, 9.17) is 0 Å². The van der Waals surface area contributed by atoms with Gasteiger partial charge < -0.3 is 10.2 Å². The molecule has 1 N–H and O–H groups in total. The van der Waals surface area contributed by atoms with Crippen molar-refractivity contribution >= 4 is 5.91 Å². The van der Waals surface area contributed by atoms with Gasteiger partial charge in [-0.1, -0.05) is 20.8 Å². The number of nitrogens with one attached hydrogen (secondary N) is 1. The first-order valence-corrected chi connectivity index (χ1v) is 5.94. The summed E-state index contributed by atoms with van der Waals surface area (Å²) in [6.45, 7) is 9.44. The first kappa shape index (κ1) is 12.5. The summed E-state index contributed by atoms with van der Waals surface area (Å²) in [4.78, 5) is 14.0. The van der Waals surface area contributed by atoms with Crippen molar-refractivity contribution in [3.8, 4) is 0 Å². The van der Waals surface area contributed by atoms with Crippen LogP contribution in [-0.2, 0) is 4.79 Å². The van der Waals surface area contributed by atoms with E-state index in [0.717, 1.165) is 6.54 Å². The molecule has 1 heterocycles. The van der Waals surface area contributed by atoms with Crippen LogP contribution in [-0.4, -0.2) is 36.5 Å². The molecule has 15 heavy (non-hydrogen) atoms. The molecule has 0 aromatic rings. The number of carbonyl (C=O) groups is 1. The Labute approximate surface area is 93.2 Å². The van der Waals surface area contributed by atoms with Crippen molar-refractivity contribution in [2.24, 2.45) is 11.8 Å². The average molecular weight is 212 g/mol. The lowest BCUT2D eigenvalue weighted by molar-refractivity contribution is -0.126. The molecule has 3 atom stereocenters. The fourth-order valence-electron chi connectivity index (χ4n) is 2.13. The van der Waals surface area contributed by atoms with Gasteiger partial charge >= 0.3 is 0 Å². The summed E-state index contributed by atoms with van der Waals surface area (Å²) < 4.78 is 0. The molecule has 0 aliphatic carbocycles. The third-order valence-electron chi connectivity index (χ3n) is 3.60. The standard InChI is InChI=1S/C12H24N2O/c1-8(2)12(15)13-11-9(3)6-7-14(5)10(11)4/h8-11H,6-7H2,1-5H3,(H,13,15). The fraction of sp³-hybridized carbons (Fsp3) is 0.917. The van der Waals surface area contributed by atoms with Gasteiger partial charge in [0.15, 0.2) is 0 Å². The largest absolute Gasteiger partial charge is 0.351 e. The van der Waals surface area contributed by atoms with Crippen molar-refractivity contribution in [1.82, 2.24) is 10.2 Å². The van der Waals surface area contributed by atoms with Crippen molar-refractivity contribution in [3.05, 3.63) is 0 Å². The highest BCUT2D eigenvalue weighted by atomic mass is 16.1. The minimum absolute atomic E-state index is 0.0802. The van der Waals surface area contributed by atoms with Gasteiger partial charge in [0.1, 0.15) is 0 Å². The quantitative estimate of drug-likeness (QED) is 0.752. The predicted molar refractivity (Wildman–Crippen MR) is 62.6 cm³/mol. The Morgan fingerprint density at radius 2 is 2.00 bits per heavy atom. The highest BCUT2D eigenvalue weighted by Crippen LogP contribution is 2.21. The molecule has 0 aromatic heterocycles. The zero-order chi connectivity index (χ0) is 11.6. The van der Waals surface area contributed by atoms with Gasteiger partial charge in [-0.2, -0.15) is 0 Å². The molecule has 0 saturated carbocycles. The van der Waals surface area contributed by atoms with Crippen molar-refractivity contribution < 1.29 is 4.79 Å². The summed E-state index contributed by atoms with van der Waals surface area (Å²) in [5.41, 5.74) is 0. The van der Waals surface area contributed by atoms with Crippen LogP contribution in [0, 0.1) is 11.8 Å². The molecular formula is C12H24N2O. The molecule has 1 aliphatic rings. The Kier molecular flexibility index (Phi) is 4.14. The predicted octanol–water partition coefficient (Wildman–Crippen LogP) is 1.49. The minimum atomic E-state index is 0.0802. The van der Waals surface area contributed by atoms with E-state index in [1.807, 2.05) is 13.8 Å². The Morgan fingerprint density at radius 3 is 2.53 bits per heavy atom. The average Bonchev–Trinajstić information content (AvgIpc) is 2.18. The van der Waals surface area contributed by atoms with Gasteiger partial charge in [0.25, 0.3) is 0 Å². The van der Waals surface area contributed by atoms with Gasteiger partial charge in [0, 0.05) is 18.0 Å². The molecule has 88 valence electrons. The summed E-state index contributed by atoms with van der Waals surface area (Å²) in [7, 11) is 2.13. The number of carbonyl (C=O) groups excluding carboxylic acids is 1. The normalized spacial score (nSPS) is 33.1. The number of hydrogen-bond acceptors (Lipinski definition) is 2. The third kappa shape index (κ3) is 2.94. The fourth-order valence-corrected chi connectivity index (χ4v) is 2.13. The monoisotopic (exact) mass is 212 g/mol. The Balaban J connectivity index is 2.61. The van der Waals surface area contributed by atoms with E-state index >= 15 is 0 Å². The first-order chi connectivity index (χ1) is 6.93. The highest BCUT2D eigenvalue weighted by Gasteiger charge is 2.32. The van der Waals surface area contributed by atoms with Gasteiger partial charge in [-0.05, 0) is 32.9 Å². The second kappa shape index (κ2) is 4.97. The summed E-state index contributed by atoms with van der Waals surface area (Å²) in [6, 6.07) is 0.745. The zero-order valence-corrected chi connectivity index (χ0v) is 10.6. The Hall–Kier alpha value is -0.570. The van der Waals surface area contributed by atoms with E-state index in [9.17, 15) is 4.79 Å². The van der Waals surface area contributed by atoms with Gasteiger partial charge in [-0.25, -0.2) is 0 Å². The van der Waals surface area contributed by atoms with Crippen LogP contribution >= 0.6 is 0 Å². The molecule has 1 amide bonds. The summed E-state index contributed by atoms with van der Waals surface area (Å²) >= 11 is 0. The maximum absolute atomic E-state index is 11.7. The van der Waals surface area contributed by atoms with Crippen molar-refractivity contribution in [3.63, 3.8) is 0 Å². The maximum atomic E-state index is 11.7.